The highest BCUT2D eigenvalue weighted by Crippen LogP contribution is 2.15. The Balaban J connectivity index is 1.93. The van der Waals surface area contributed by atoms with Crippen LogP contribution in [0.5, 0.6) is 0 Å². The normalized spacial score (nSPS) is 19.4. The minimum absolute atomic E-state index is 0.203. The minimum Gasteiger partial charge on any atom is -0.478 e. The Hall–Kier alpha value is -1.88. The molecule has 1 unspecified atom stereocenters. The van der Waals surface area contributed by atoms with Gasteiger partial charge in [-0.2, -0.15) is 0 Å². The van der Waals surface area contributed by atoms with Crippen LogP contribution in [0.3, 0.4) is 0 Å². The molecule has 0 saturated carbocycles. The fourth-order valence-electron chi connectivity index (χ4n) is 3.13. The van der Waals surface area contributed by atoms with E-state index in [0.717, 1.165) is 38.0 Å². The number of carbonyl (C=O) groups is 2. The maximum absolute atomic E-state index is 12.6. The summed E-state index contributed by atoms with van der Waals surface area (Å²) in [5.74, 6) is -0.721. The van der Waals surface area contributed by atoms with Crippen molar-refractivity contribution in [1.29, 1.82) is 0 Å². The van der Waals surface area contributed by atoms with Crippen LogP contribution < -0.4 is 0 Å². The van der Waals surface area contributed by atoms with Crippen molar-refractivity contribution in [1.82, 2.24) is 9.80 Å². The van der Waals surface area contributed by atoms with Gasteiger partial charge in [0.2, 0.25) is 5.91 Å². The van der Waals surface area contributed by atoms with Gasteiger partial charge in [-0.15, -0.1) is 0 Å². The summed E-state index contributed by atoms with van der Waals surface area (Å²) in [6.07, 6.45) is 3.13. The molecular formula is C18H26N2O3. The van der Waals surface area contributed by atoms with Crippen molar-refractivity contribution in [3.05, 3.63) is 35.4 Å². The number of carboxylic acids is 1. The van der Waals surface area contributed by atoms with Crippen LogP contribution >= 0.6 is 0 Å². The SMILES string of the molecule is CCC1CN(C)CCCN1C(=O)CCc1ccc(C(=O)O)cc1. The highest BCUT2D eigenvalue weighted by molar-refractivity contribution is 5.87. The Morgan fingerprint density at radius 3 is 2.52 bits per heavy atom. The van der Waals surface area contributed by atoms with Crippen LogP contribution in [-0.2, 0) is 11.2 Å². The van der Waals surface area contributed by atoms with Gasteiger partial charge in [0.1, 0.15) is 0 Å². The lowest BCUT2D eigenvalue weighted by molar-refractivity contribution is -0.133. The number of hydrogen-bond donors (Lipinski definition) is 1. The van der Waals surface area contributed by atoms with E-state index >= 15 is 0 Å². The van der Waals surface area contributed by atoms with E-state index in [1.165, 1.54) is 0 Å². The highest BCUT2D eigenvalue weighted by atomic mass is 16.4. The van der Waals surface area contributed by atoms with E-state index in [4.69, 9.17) is 5.11 Å². The predicted octanol–water partition coefficient (Wildman–Crippen LogP) is 2.26. The first kappa shape index (κ1) is 17.5. The van der Waals surface area contributed by atoms with E-state index in [1.807, 2.05) is 4.90 Å². The van der Waals surface area contributed by atoms with Crippen LogP contribution in [0, 0.1) is 0 Å². The largest absolute Gasteiger partial charge is 0.478 e. The molecule has 1 aromatic rings. The zero-order chi connectivity index (χ0) is 16.8. The second-order valence-electron chi connectivity index (χ2n) is 6.27. The zero-order valence-electron chi connectivity index (χ0n) is 14.0. The second-order valence-corrected chi connectivity index (χ2v) is 6.27. The summed E-state index contributed by atoms with van der Waals surface area (Å²) < 4.78 is 0. The molecule has 1 saturated heterocycles. The number of hydrogen-bond acceptors (Lipinski definition) is 3. The molecule has 1 fully saturated rings. The van der Waals surface area contributed by atoms with Crippen molar-refractivity contribution in [2.45, 2.75) is 38.6 Å². The summed E-state index contributed by atoms with van der Waals surface area (Å²) in [7, 11) is 2.11. The van der Waals surface area contributed by atoms with Gasteiger partial charge >= 0.3 is 5.97 Å². The lowest BCUT2D eigenvalue weighted by atomic mass is 10.1. The Labute approximate surface area is 137 Å². The van der Waals surface area contributed by atoms with Gasteiger partial charge in [-0.05, 0) is 50.6 Å². The Bertz CT molecular complexity index is 542. The average molecular weight is 318 g/mol. The number of benzene rings is 1. The summed E-state index contributed by atoms with van der Waals surface area (Å²) in [5, 5.41) is 8.90. The first-order valence-electron chi connectivity index (χ1n) is 8.31. The summed E-state index contributed by atoms with van der Waals surface area (Å²) in [4.78, 5) is 27.8. The molecule has 1 aliphatic rings. The molecule has 2 rings (SSSR count). The van der Waals surface area contributed by atoms with Gasteiger partial charge < -0.3 is 14.9 Å². The van der Waals surface area contributed by atoms with Gasteiger partial charge in [-0.25, -0.2) is 4.79 Å². The Kier molecular flexibility index (Phi) is 6.16. The average Bonchev–Trinajstić information content (AvgIpc) is 2.74. The van der Waals surface area contributed by atoms with Crippen LogP contribution in [0.25, 0.3) is 0 Å². The number of aromatic carboxylic acids is 1. The topological polar surface area (TPSA) is 60.9 Å². The lowest BCUT2D eigenvalue weighted by Gasteiger charge is -2.30. The molecule has 1 aliphatic heterocycles. The molecule has 0 aliphatic carbocycles. The molecule has 126 valence electrons. The molecule has 5 nitrogen and oxygen atoms in total. The van der Waals surface area contributed by atoms with Crippen LogP contribution in [0.1, 0.15) is 42.1 Å². The molecule has 1 atom stereocenters. The second kappa shape index (κ2) is 8.11. The van der Waals surface area contributed by atoms with Crippen molar-refractivity contribution in [3.63, 3.8) is 0 Å². The molecule has 0 spiro atoms. The third kappa shape index (κ3) is 4.79. The standard InChI is InChI=1S/C18H26N2O3/c1-3-16-13-19(2)11-4-12-20(16)17(21)10-7-14-5-8-15(9-6-14)18(22)23/h5-6,8-9,16H,3-4,7,10-13H2,1-2H3,(H,22,23). The van der Waals surface area contributed by atoms with Crippen molar-refractivity contribution in [2.75, 3.05) is 26.7 Å². The molecule has 1 heterocycles. The molecule has 5 heteroatoms. The number of carboxylic acid groups (broad SMARTS) is 1. The third-order valence-corrected chi connectivity index (χ3v) is 4.52. The number of nitrogens with zero attached hydrogens (tertiary/aromatic N) is 2. The molecule has 1 aromatic carbocycles. The summed E-state index contributed by atoms with van der Waals surface area (Å²) >= 11 is 0. The third-order valence-electron chi connectivity index (χ3n) is 4.52. The van der Waals surface area contributed by atoms with E-state index in [1.54, 1.807) is 24.3 Å². The number of likely N-dealkylation sites (N-methyl/N-ethyl adjacent to an activating group) is 1. The van der Waals surface area contributed by atoms with Crippen LogP contribution in [0.15, 0.2) is 24.3 Å². The fourth-order valence-corrected chi connectivity index (χ4v) is 3.13. The van der Waals surface area contributed by atoms with Gasteiger partial charge in [0.15, 0.2) is 0 Å². The Morgan fingerprint density at radius 2 is 1.91 bits per heavy atom. The maximum Gasteiger partial charge on any atom is 0.335 e. The predicted molar refractivity (Wildman–Crippen MR) is 89.6 cm³/mol. The number of carbonyl (C=O) groups excluding carboxylic acids is 1. The van der Waals surface area contributed by atoms with Crippen molar-refractivity contribution < 1.29 is 14.7 Å². The van der Waals surface area contributed by atoms with Crippen LogP contribution in [-0.4, -0.2) is 59.5 Å². The molecule has 1 amide bonds. The fraction of sp³-hybridized carbons (Fsp3) is 0.556. The summed E-state index contributed by atoms with van der Waals surface area (Å²) in [6.45, 7) is 4.95. The summed E-state index contributed by atoms with van der Waals surface area (Å²) in [5.41, 5.74) is 1.28. The zero-order valence-corrected chi connectivity index (χ0v) is 14.0. The monoisotopic (exact) mass is 318 g/mol. The molecule has 0 radical (unpaired) electrons. The van der Waals surface area contributed by atoms with Gasteiger partial charge in [0.25, 0.3) is 0 Å². The van der Waals surface area contributed by atoms with Gasteiger partial charge in [0, 0.05) is 25.6 Å². The van der Waals surface area contributed by atoms with Gasteiger partial charge in [0.05, 0.1) is 5.56 Å². The van der Waals surface area contributed by atoms with E-state index in [-0.39, 0.29) is 11.5 Å². The molecule has 23 heavy (non-hydrogen) atoms. The van der Waals surface area contributed by atoms with E-state index < -0.39 is 5.97 Å². The lowest BCUT2D eigenvalue weighted by Crippen LogP contribution is -2.43. The maximum atomic E-state index is 12.6. The number of amides is 1. The number of aryl methyl sites for hydroxylation is 1. The molecule has 0 aromatic heterocycles. The van der Waals surface area contributed by atoms with Crippen molar-refractivity contribution in [3.8, 4) is 0 Å². The highest BCUT2D eigenvalue weighted by Gasteiger charge is 2.25. The first-order chi connectivity index (χ1) is 11.0. The van der Waals surface area contributed by atoms with Crippen molar-refractivity contribution >= 4 is 11.9 Å². The molecule has 1 N–H and O–H groups in total. The smallest absolute Gasteiger partial charge is 0.335 e. The van der Waals surface area contributed by atoms with Gasteiger partial charge in [-0.3, -0.25) is 4.79 Å². The van der Waals surface area contributed by atoms with Crippen LogP contribution in [0.4, 0.5) is 0 Å². The minimum atomic E-state index is -0.924. The summed E-state index contributed by atoms with van der Waals surface area (Å²) in [6, 6.07) is 7.08. The van der Waals surface area contributed by atoms with Crippen LogP contribution in [0.2, 0.25) is 0 Å². The molecular weight excluding hydrogens is 292 g/mol. The van der Waals surface area contributed by atoms with Gasteiger partial charge in [-0.1, -0.05) is 19.1 Å². The van der Waals surface area contributed by atoms with E-state index in [2.05, 4.69) is 18.9 Å². The molecule has 0 bridgehead atoms. The Morgan fingerprint density at radius 1 is 1.22 bits per heavy atom. The van der Waals surface area contributed by atoms with E-state index in [0.29, 0.717) is 18.9 Å². The van der Waals surface area contributed by atoms with Crippen molar-refractivity contribution in [2.24, 2.45) is 0 Å². The first-order valence-corrected chi connectivity index (χ1v) is 8.31. The van der Waals surface area contributed by atoms with E-state index in [9.17, 15) is 9.59 Å². The quantitative estimate of drug-likeness (QED) is 0.904. The number of rotatable bonds is 5.